The number of aromatic hydroxyl groups is 1. The second kappa shape index (κ2) is 14.4. The first-order valence-electron chi connectivity index (χ1n) is 8.54. The highest BCUT2D eigenvalue weighted by molar-refractivity contribution is 7.46. The van der Waals surface area contributed by atoms with Crippen molar-refractivity contribution in [2.75, 3.05) is 6.61 Å². The van der Waals surface area contributed by atoms with E-state index in [0.29, 0.717) is 5.75 Å². The number of rotatable bonds is 11. The predicted octanol–water partition coefficient (Wildman–Crippen LogP) is 4.73. The van der Waals surface area contributed by atoms with Gasteiger partial charge in [-0.1, -0.05) is 63.6 Å². The predicted molar refractivity (Wildman–Crippen MR) is 94.6 cm³/mol. The molecule has 3 N–H and O–H groups in total. The van der Waals surface area contributed by atoms with Gasteiger partial charge in [-0.2, -0.15) is 0 Å². The summed E-state index contributed by atoms with van der Waals surface area (Å²) in [4.78, 5) is 19.8. The summed E-state index contributed by atoms with van der Waals surface area (Å²) in [6.07, 6.45) is 10.3. The maximum absolute atomic E-state index is 9.74. The van der Waals surface area contributed by atoms with Gasteiger partial charge in [0.2, 0.25) is 0 Å². The fourth-order valence-corrected chi connectivity index (χ4v) is 2.36. The summed E-state index contributed by atoms with van der Waals surface area (Å²) in [6.45, 7) is 3.92. The molecule has 0 unspecified atom stereocenters. The molecular formula is C17H31O6P. The molecule has 1 rings (SSSR count). The van der Waals surface area contributed by atoms with Crippen LogP contribution in [0, 0.1) is 0 Å². The lowest BCUT2D eigenvalue weighted by Gasteiger charge is -2.04. The summed E-state index contributed by atoms with van der Waals surface area (Å²) in [6, 6.07) is 7.67. The molecule has 0 saturated carbocycles. The number of phenolic OH excluding ortho intramolecular Hbond substituents is 1. The first-order chi connectivity index (χ1) is 11.4. The van der Waals surface area contributed by atoms with Crippen LogP contribution in [0.1, 0.15) is 64.4 Å². The van der Waals surface area contributed by atoms with Gasteiger partial charge in [0, 0.05) is 0 Å². The Kier molecular flexibility index (Phi) is 13.9. The van der Waals surface area contributed by atoms with Gasteiger partial charge in [-0.05, 0) is 31.4 Å². The standard InChI is InChI=1S/C15H24O.C2H7O5P/c1-2-3-4-5-6-7-8-11-14-12-9-10-13-15(14)16;1-2-6-7-8(3,4)5/h9-10,12-13,16H,2-8,11H2,1H3;2H2,1H3,(H2,3,4,5). The van der Waals surface area contributed by atoms with Crippen LogP contribution in [0.15, 0.2) is 24.3 Å². The molecule has 0 radical (unpaired) electrons. The molecule has 7 heteroatoms. The highest BCUT2D eigenvalue weighted by atomic mass is 31.2. The normalized spacial score (nSPS) is 11.0. The molecule has 0 aliphatic heterocycles. The largest absolute Gasteiger partial charge is 0.508 e. The van der Waals surface area contributed by atoms with Crippen molar-refractivity contribution in [1.29, 1.82) is 0 Å². The second-order valence-corrected chi connectivity index (χ2v) is 6.60. The van der Waals surface area contributed by atoms with Gasteiger partial charge in [0.25, 0.3) is 0 Å². The van der Waals surface area contributed by atoms with Crippen LogP contribution in [0.25, 0.3) is 0 Å². The number of unbranched alkanes of at least 4 members (excludes halogenated alkanes) is 6. The SMILES string of the molecule is CCCCCCCCCc1ccccc1O.CCOOP(=O)(O)O. The van der Waals surface area contributed by atoms with Gasteiger partial charge in [-0.25, -0.2) is 9.45 Å². The number of phosphoric acid groups is 1. The molecule has 24 heavy (non-hydrogen) atoms. The van der Waals surface area contributed by atoms with E-state index in [2.05, 4.69) is 16.5 Å². The Bertz CT molecular complexity index is 460. The Morgan fingerprint density at radius 3 is 2.04 bits per heavy atom. The Morgan fingerprint density at radius 2 is 1.54 bits per heavy atom. The third kappa shape index (κ3) is 14.7. The molecule has 0 atom stereocenters. The Labute approximate surface area is 145 Å². The number of benzene rings is 1. The molecule has 0 spiro atoms. The zero-order chi connectivity index (χ0) is 18.3. The maximum atomic E-state index is 9.74. The number of phenols is 1. The van der Waals surface area contributed by atoms with E-state index in [-0.39, 0.29) is 6.61 Å². The molecule has 0 aromatic heterocycles. The van der Waals surface area contributed by atoms with Crippen molar-refractivity contribution in [3.8, 4) is 5.75 Å². The lowest BCUT2D eigenvalue weighted by Crippen LogP contribution is -1.89. The van der Waals surface area contributed by atoms with Gasteiger partial charge in [0.05, 0.1) is 6.61 Å². The van der Waals surface area contributed by atoms with Crippen molar-refractivity contribution in [2.45, 2.75) is 65.2 Å². The van der Waals surface area contributed by atoms with E-state index in [1.807, 2.05) is 18.2 Å². The fraction of sp³-hybridized carbons (Fsp3) is 0.647. The van der Waals surface area contributed by atoms with E-state index in [9.17, 15) is 9.67 Å². The number of para-hydroxylation sites is 1. The van der Waals surface area contributed by atoms with Crippen LogP contribution in [0.3, 0.4) is 0 Å². The van der Waals surface area contributed by atoms with Crippen LogP contribution in [-0.2, 0) is 20.5 Å². The minimum Gasteiger partial charge on any atom is -0.508 e. The second-order valence-electron chi connectivity index (χ2n) is 5.47. The van der Waals surface area contributed by atoms with Gasteiger partial charge < -0.3 is 14.9 Å². The van der Waals surface area contributed by atoms with Crippen LogP contribution in [0.2, 0.25) is 0 Å². The molecule has 0 heterocycles. The first-order valence-corrected chi connectivity index (χ1v) is 10.1. The molecule has 0 fully saturated rings. The summed E-state index contributed by atoms with van der Waals surface area (Å²) in [7, 11) is -4.40. The Hall–Kier alpha value is -0.910. The van der Waals surface area contributed by atoms with Crippen LogP contribution >= 0.6 is 7.82 Å². The van der Waals surface area contributed by atoms with E-state index in [1.165, 1.54) is 44.9 Å². The smallest absolute Gasteiger partial charge is 0.496 e. The molecular weight excluding hydrogens is 331 g/mol. The van der Waals surface area contributed by atoms with Gasteiger partial charge in [-0.15, -0.1) is 4.67 Å². The van der Waals surface area contributed by atoms with Crippen molar-refractivity contribution in [3.05, 3.63) is 29.8 Å². The molecule has 0 aliphatic rings. The molecule has 0 amide bonds. The van der Waals surface area contributed by atoms with Gasteiger partial charge in [0.15, 0.2) is 0 Å². The van der Waals surface area contributed by atoms with Crippen LogP contribution in [-0.4, -0.2) is 21.5 Å². The third-order valence-electron chi connectivity index (χ3n) is 3.31. The minimum atomic E-state index is -4.40. The van der Waals surface area contributed by atoms with E-state index < -0.39 is 7.82 Å². The average Bonchev–Trinajstić information content (AvgIpc) is 2.53. The zero-order valence-electron chi connectivity index (χ0n) is 14.7. The highest BCUT2D eigenvalue weighted by Gasteiger charge is 2.13. The summed E-state index contributed by atoms with van der Waals surface area (Å²) < 4.78 is 13.3. The molecule has 0 saturated heterocycles. The zero-order valence-corrected chi connectivity index (χ0v) is 15.6. The van der Waals surface area contributed by atoms with Crippen molar-refractivity contribution in [2.24, 2.45) is 0 Å². The van der Waals surface area contributed by atoms with Crippen molar-refractivity contribution in [3.63, 3.8) is 0 Å². The molecule has 1 aromatic carbocycles. The molecule has 0 aliphatic carbocycles. The van der Waals surface area contributed by atoms with Gasteiger partial charge >= 0.3 is 7.82 Å². The lowest BCUT2D eigenvalue weighted by molar-refractivity contribution is -0.217. The molecule has 1 aromatic rings. The minimum absolute atomic E-state index is 0.116. The van der Waals surface area contributed by atoms with Gasteiger partial charge in [0.1, 0.15) is 5.75 Å². The van der Waals surface area contributed by atoms with Crippen molar-refractivity contribution in [1.82, 2.24) is 0 Å². The number of aryl methyl sites for hydroxylation is 1. The summed E-state index contributed by atoms with van der Waals surface area (Å²) >= 11 is 0. The Balaban J connectivity index is 0.000000561. The monoisotopic (exact) mass is 362 g/mol. The van der Waals surface area contributed by atoms with Crippen molar-refractivity contribution < 1.29 is 29.0 Å². The fourth-order valence-electron chi connectivity index (χ4n) is 2.12. The molecule has 140 valence electrons. The highest BCUT2D eigenvalue weighted by Crippen LogP contribution is 2.35. The van der Waals surface area contributed by atoms with E-state index in [0.717, 1.165) is 12.0 Å². The van der Waals surface area contributed by atoms with E-state index in [1.54, 1.807) is 13.0 Å². The maximum Gasteiger partial charge on any atom is 0.496 e. The summed E-state index contributed by atoms with van der Waals surface area (Å²) in [5.41, 5.74) is 1.09. The first kappa shape index (κ1) is 23.1. The molecule has 0 bridgehead atoms. The van der Waals surface area contributed by atoms with Crippen molar-refractivity contribution >= 4 is 7.82 Å². The van der Waals surface area contributed by atoms with Crippen LogP contribution in [0.5, 0.6) is 5.75 Å². The third-order valence-corrected chi connectivity index (χ3v) is 3.61. The van der Waals surface area contributed by atoms with Crippen LogP contribution < -0.4 is 0 Å². The summed E-state index contributed by atoms with van der Waals surface area (Å²) in [5, 5.41) is 9.58. The average molecular weight is 362 g/mol. The number of hydrogen-bond donors (Lipinski definition) is 3. The quantitative estimate of drug-likeness (QED) is 0.228. The van der Waals surface area contributed by atoms with Gasteiger partial charge in [-0.3, -0.25) is 0 Å². The molecule has 6 nitrogen and oxygen atoms in total. The van der Waals surface area contributed by atoms with E-state index >= 15 is 0 Å². The topological polar surface area (TPSA) is 96.2 Å². The Morgan fingerprint density at radius 1 is 0.958 bits per heavy atom. The lowest BCUT2D eigenvalue weighted by atomic mass is 10.0. The summed E-state index contributed by atoms with van der Waals surface area (Å²) in [5.74, 6) is 0.452. The number of hydrogen-bond acceptors (Lipinski definition) is 4. The van der Waals surface area contributed by atoms with E-state index in [4.69, 9.17) is 9.79 Å². The van der Waals surface area contributed by atoms with Crippen LogP contribution in [0.4, 0.5) is 0 Å².